The van der Waals surface area contributed by atoms with Crippen molar-refractivity contribution < 1.29 is 19.1 Å². The van der Waals surface area contributed by atoms with Gasteiger partial charge in [-0.1, -0.05) is 55.5 Å². The van der Waals surface area contributed by atoms with Gasteiger partial charge in [0.25, 0.3) is 0 Å². The van der Waals surface area contributed by atoms with Gasteiger partial charge >= 0.3 is 6.03 Å². The van der Waals surface area contributed by atoms with E-state index in [0.717, 1.165) is 30.7 Å². The molecule has 3 aliphatic rings. The first-order valence-corrected chi connectivity index (χ1v) is 14.7. The zero-order valence-electron chi connectivity index (χ0n) is 23.6. The minimum atomic E-state index is -0.364. The van der Waals surface area contributed by atoms with Crippen molar-refractivity contribution in [2.24, 2.45) is 11.8 Å². The first kappa shape index (κ1) is 29.3. The quantitative estimate of drug-likeness (QED) is 0.366. The molecule has 2 saturated carbocycles. The first-order chi connectivity index (χ1) is 19.7. The molecule has 2 heterocycles. The molecule has 2 fully saturated rings. The minimum Gasteiger partial charge on any atom is -0.495 e. The van der Waals surface area contributed by atoms with Gasteiger partial charge in [-0.3, -0.25) is 14.6 Å². The van der Waals surface area contributed by atoms with Gasteiger partial charge in [-0.05, 0) is 37.2 Å². The Kier molecular flexibility index (Phi) is 8.79. The fourth-order valence-corrected chi connectivity index (χ4v) is 7.17. The van der Waals surface area contributed by atoms with Gasteiger partial charge in [0.05, 0.1) is 26.5 Å². The maximum absolute atomic E-state index is 13.6. The number of rotatable bonds is 8. The van der Waals surface area contributed by atoms with Gasteiger partial charge in [0, 0.05) is 37.0 Å². The number of aromatic nitrogens is 2. The molecule has 2 N–H and O–H groups in total. The van der Waals surface area contributed by atoms with Crippen molar-refractivity contribution in [2.75, 3.05) is 36.4 Å². The van der Waals surface area contributed by atoms with Crippen LogP contribution in [-0.2, 0) is 11.3 Å². The number of amides is 3. The number of hydrogen-bond donors (Lipinski definition) is 2. The maximum atomic E-state index is 13.6. The van der Waals surface area contributed by atoms with Gasteiger partial charge in [0.1, 0.15) is 27.4 Å². The molecule has 0 saturated heterocycles. The third-order valence-electron chi connectivity index (χ3n) is 8.61. The molecule has 12 heteroatoms. The average molecular weight is 604 g/mol. The highest BCUT2D eigenvalue weighted by molar-refractivity contribution is 6.42. The number of nitrogens with one attached hydrogen (secondary N) is 2. The van der Waals surface area contributed by atoms with Crippen molar-refractivity contribution in [3.05, 3.63) is 40.5 Å². The highest BCUT2D eigenvalue weighted by Crippen LogP contribution is 2.48. The van der Waals surface area contributed by atoms with Gasteiger partial charge in [0.2, 0.25) is 11.9 Å². The number of anilines is 3. The van der Waals surface area contributed by atoms with E-state index in [4.69, 9.17) is 37.7 Å². The lowest BCUT2D eigenvalue weighted by Crippen LogP contribution is -2.51. The van der Waals surface area contributed by atoms with Crippen LogP contribution in [-0.4, -0.2) is 55.3 Å². The molecule has 5 rings (SSSR count). The van der Waals surface area contributed by atoms with Crippen LogP contribution in [0.3, 0.4) is 0 Å². The summed E-state index contributed by atoms with van der Waals surface area (Å²) in [6.45, 7) is 3.76. The Morgan fingerprint density at radius 2 is 1.76 bits per heavy atom. The monoisotopic (exact) mass is 602 g/mol. The zero-order chi connectivity index (χ0) is 29.3. The molecule has 1 aromatic carbocycles. The summed E-state index contributed by atoms with van der Waals surface area (Å²) >= 11 is 13.2. The van der Waals surface area contributed by atoms with E-state index < -0.39 is 0 Å². The molecule has 41 heavy (non-hydrogen) atoms. The van der Waals surface area contributed by atoms with E-state index >= 15 is 0 Å². The van der Waals surface area contributed by atoms with Crippen LogP contribution in [0.2, 0.25) is 10.0 Å². The molecule has 3 atom stereocenters. The van der Waals surface area contributed by atoms with Crippen molar-refractivity contribution in [1.82, 2.24) is 15.3 Å². The molecule has 0 bridgehead atoms. The molecule has 2 aliphatic carbocycles. The van der Waals surface area contributed by atoms with Crippen LogP contribution in [0.15, 0.2) is 24.9 Å². The molecule has 1 aliphatic heterocycles. The number of methoxy groups -OCH3 is 2. The van der Waals surface area contributed by atoms with E-state index in [1.54, 1.807) is 19.3 Å². The molecule has 2 aromatic rings. The number of nitrogens with zero attached hydrogens (tertiary/aromatic N) is 4. The maximum Gasteiger partial charge on any atom is 0.330 e. The van der Waals surface area contributed by atoms with Gasteiger partial charge in [-0.2, -0.15) is 4.98 Å². The number of hydrogen-bond acceptors (Lipinski definition) is 7. The van der Waals surface area contributed by atoms with E-state index in [1.165, 1.54) is 55.8 Å². The van der Waals surface area contributed by atoms with E-state index in [2.05, 4.69) is 22.2 Å². The molecule has 0 radical (unpaired) electrons. The third-order valence-corrected chi connectivity index (χ3v) is 9.34. The predicted octanol–water partition coefficient (Wildman–Crippen LogP) is 5.82. The molecule has 0 spiro atoms. The van der Waals surface area contributed by atoms with Gasteiger partial charge in [0.15, 0.2) is 0 Å². The summed E-state index contributed by atoms with van der Waals surface area (Å²) in [5.74, 6) is 2.69. The summed E-state index contributed by atoms with van der Waals surface area (Å²) in [6, 6.07) is 1.10. The Labute approximate surface area is 250 Å². The molecular weight excluding hydrogens is 567 g/mol. The number of halogens is 2. The van der Waals surface area contributed by atoms with Crippen molar-refractivity contribution in [2.45, 2.75) is 63.6 Å². The van der Waals surface area contributed by atoms with Crippen molar-refractivity contribution in [3.63, 3.8) is 0 Å². The number of ether oxygens (including phenoxy) is 2. The predicted molar refractivity (Wildman–Crippen MR) is 160 cm³/mol. The van der Waals surface area contributed by atoms with Gasteiger partial charge in [-0.15, -0.1) is 0 Å². The lowest BCUT2D eigenvalue weighted by Gasteiger charge is -2.39. The summed E-state index contributed by atoms with van der Waals surface area (Å²) in [4.78, 5) is 38.1. The summed E-state index contributed by atoms with van der Waals surface area (Å²) in [6.07, 6.45) is 11.0. The number of benzene rings is 1. The molecule has 220 valence electrons. The second-order valence-electron chi connectivity index (χ2n) is 10.9. The Morgan fingerprint density at radius 3 is 2.39 bits per heavy atom. The van der Waals surface area contributed by atoms with Gasteiger partial charge in [-0.25, -0.2) is 9.78 Å². The van der Waals surface area contributed by atoms with Crippen LogP contribution in [0, 0.1) is 11.8 Å². The Bertz CT molecular complexity index is 1310. The Hall–Kier alpha value is -3.24. The van der Waals surface area contributed by atoms with E-state index in [1.807, 2.05) is 0 Å². The molecule has 3 amide bonds. The summed E-state index contributed by atoms with van der Waals surface area (Å²) in [5.41, 5.74) is 1.01. The second kappa shape index (κ2) is 12.3. The SMILES string of the molecule is C=CC(=O)N[C@H]1CCC(C2CCCC2)C[C@H]1Nc1ncc2c(n1)N(C)C(=O)N(c1c(Cl)c(OC)cc(OC)c1Cl)C2. The lowest BCUT2D eigenvalue weighted by molar-refractivity contribution is -0.117. The van der Waals surface area contributed by atoms with Crippen LogP contribution in [0.4, 0.5) is 22.2 Å². The van der Waals surface area contributed by atoms with Crippen LogP contribution in [0.1, 0.15) is 50.5 Å². The number of carbonyl (C=O) groups excluding carboxylic acids is 2. The molecule has 10 nitrogen and oxygen atoms in total. The number of fused-ring (bicyclic) bond motifs is 1. The number of carbonyl (C=O) groups is 2. The largest absolute Gasteiger partial charge is 0.495 e. The topological polar surface area (TPSA) is 109 Å². The van der Waals surface area contributed by atoms with Crippen molar-refractivity contribution in [1.29, 1.82) is 0 Å². The lowest BCUT2D eigenvalue weighted by atomic mass is 9.75. The highest BCUT2D eigenvalue weighted by Gasteiger charge is 2.38. The van der Waals surface area contributed by atoms with Crippen molar-refractivity contribution >= 4 is 52.6 Å². The fraction of sp³-hybridized carbons (Fsp3) is 0.517. The minimum absolute atomic E-state index is 0.0424. The molecular formula is C29H36Cl2N6O4. The Morgan fingerprint density at radius 1 is 1.07 bits per heavy atom. The molecule has 1 aromatic heterocycles. The normalized spacial score (nSPS) is 22.8. The Balaban J connectivity index is 1.41. The van der Waals surface area contributed by atoms with Crippen LogP contribution in [0.25, 0.3) is 0 Å². The summed E-state index contributed by atoms with van der Waals surface area (Å²) in [7, 11) is 4.61. The third kappa shape index (κ3) is 5.77. The van der Waals surface area contributed by atoms with E-state index in [9.17, 15) is 9.59 Å². The first-order valence-electron chi connectivity index (χ1n) is 14.0. The highest BCUT2D eigenvalue weighted by atomic mass is 35.5. The van der Waals surface area contributed by atoms with Crippen LogP contribution >= 0.6 is 23.2 Å². The summed E-state index contributed by atoms with van der Waals surface area (Å²) < 4.78 is 10.8. The van der Waals surface area contributed by atoms with Gasteiger partial charge < -0.3 is 20.1 Å². The second-order valence-corrected chi connectivity index (χ2v) is 11.7. The number of urea groups is 1. The summed E-state index contributed by atoms with van der Waals surface area (Å²) in [5, 5.41) is 6.98. The standard InChI is InChI=1S/C29H36Cl2N6O4/c1-5-23(38)33-19-11-10-17(16-8-6-7-9-16)12-20(19)34-28-32-14-18-15-37(29(39)36(2)27(18)35-28)26-24(30)21(40-3)13-22(41-4)25(26)31/h5,13-14,16-17,19-20H,1,6-12,15H2,2-4H3,(H,33,38)(H,32,34,35)/t17?,19-,20+/m0/s1. The van der Waals surface area contributed by atoms with E-state index in [-0.39, 0.29) is 46.3 Å². The smallest absolute Gasteiger partial charge is 0.330 e. The van der Waals surface area contributed by atoms with Crippen LogP contribution in [0.5, 0.6) is 11.5 Å². The average Bonchev–Trinajstić information content (AvgIpc) is 3.52. The zero-order valence-corrected chi connectivity index (χ0v) is 25.1. The van der Waals surface area contributed by atoms with Crippen LogP contribution < -0.4 is 29.9 Å². The molecule has 1 unspecified atom stereocenters. The fourth-order valence-electron chi connectivity index (χ4n) is 6.46. The van der Waals surface area contributed by atoms with E-state index in [0.29, 0.717) is 29.2 Å². The van der Waals surface area contributed by atoms with Crippen molar-refractivity contribution in [3.8, 4) is 11.5 Å².